The Morgan fingerprint density at radius 1 is 1.12 bits per heavy atom. The third-order valence-corrected chi connectivity index (χ3v) is 4.62. The highest BCUT2D eigenvalue weighted by Gasteiger charge is 2.11. The summed E-state index contributed by atoms with van der Waals surface area (Å²) in [6.07, 6.45) is 4.47. The van der Waals surface area contributed by atoms with E-state index in [1.807, 2.05) is 0 Å². The van der Waals surface area contributed by atoms with Gasteiger partial charge in [0.05, 0.1) is 18.4 Å². The number of aromatic nitrogens is 3. The van der Waals surface area contributed by atoms with E-state index in [1.165, 1.54) is 11.3 Å². The largest absolute Gasteiger partial charge is 0.326 e. The van der Waals surface area contributed by atoms with E-state index in [0.29, 0.717) is 27.9 Å². The first kappa shape index (κ1) is 18.0. The molecule has 3 rings (SSSR count). The van der Waals surface area contributed by atoms with Crippen molar-refractivity contribution in [2.75, 3.05) is 16.3 Å². The molecule has 0 fully saturated rings. The number of rotatable bonds is 6. The van der Waals surface area contributed by atoms with E-state index in [0.717, 1.165) is 6.26 Å². The minimum absolute atomic E-state index is 0.118. The number of nitrogens with one attached hydrogen (secondary N) is 2. The SMILES string of the molecule is CS(=O)(=O)Nc1ccc(NC(=O)Cc2csc(-c3ncccn3)n2)cc1. The van der Waals surface area contributed by atoms with Crippen LogP contribution in [0.3, 0.4) is 0 Å². The molecule has 1 aromatic carbocycles. The molecular formula is C16H15N5O3S2. The van der Waals surface area contributed by atoms with E-state index in [1.54, 1.807) is 48.1 Å². The van der Waals surface area contributed by atoms with Gasteiger partial charge in [0.2, 0.25) is 15.9 Å². The van der Waals surface area contributed by atoms with Crippen molar-refractivity contribution in [1.82, 2.24) is 15.0 Å². The van der Waals surface area contributed by atoms with Gasteiger partial charge in [-0.15, -0.1) is 11.3 Å². The van der Waals surface area contributed by atoms with Crippen LogP contribution in [-0.2, 0) is 21.2 Å². The summed E-state index contributed by atoms with van der Waals surface area (Å²) in [4.78, 5) is 24.8. The maximum Gasteiger partial charge on any atom is 0.230 e. The molecule has 0 aliphatic heterocycles. The lowest BCUT2D eigenvalue weighted by Crippen LogP contribution is -2.15. The van der Waals surface area contributed by atoms with Crippen LogP contribution < -0.4 is 10.0 Å². The minimum atomic E-state index is -3.33. The van der Waals surface area contributed by atoms with Gasteiger partial charge in [0.1, 0.15) is 0 Å². The summed E-state index contributed by atoms with van der Waals surface area (Å²) < 4.78 is 24.7. The third kappa shape index (κ3) is 5.07. The molecule has 0 saturated heterocycles. The molecule has 0 unspecified atom stereocenters. The quantitative estimate of drug-likeness (QED) is 0.668. The number of carbonyl (C=O) groups excluding carboxylic acids is 1. The normalized spacial score (nSPS) is 11.1. The number of hydrogen-bond acceptors (Lipinski definition) is 7. The molecule has 2 N–H and O–H groups in total. The summed E-state index contributed by atoms with van der Waals surface area (Å²) in [5.41, 5.74) is 1.62. The fourth-order valence-corrected chi connectivity index (χ4v) is 3.43. The first-order valence-corrected chi connectivity index (χ1v) is 10.3. The van der Waals surface area contributed by atoms with E-state index in [4.69, 9.17) is 0 Å². The number of sulfonamides is 1. The van der Waals surface area contributed by atoms with Crippen molar-refractivity contribution in [2.45, 2.75) is 6.42 Å². The van der Waals surface area contributed by atoms with Gasteiger partial charge >= 0.3 is 0 Å². The molecule has 2 aromatic heterocycles. The highest BCUT2D eigenvalue weighted by Crippen LogP contribution is 2.20. The van der Waals surface area contributed by atoms with Gasteiger partial charge in [-0.3, -0.25) is 9.52 Å². The lowest BCUT2D eigenvalue weighted by molar-refractivity contribution is -0.115. The smallest absolute Gasteiger partial charge is 0.230 e. The highest BCUT2D eigenvalue weighted by molar-refractivity contribution is 7.92. The van der Waals surface area contributed by atoms with Crippen LogP contribution in [0.4, 0.5) is 11.4 Å². The Bertz CT molecular complexity index is 1000. The minimum Gasteiger partial charge on any atom is -0.326 e. The lowest BCUT2D eigenvalue weighted by Gasteiger charge is -2.07. The summed E-state index contributed by atoms with van der Waals surface area (Å²) in [5, 5.41) is 5.20. The Morgan fingerprint density at radius 2 is 1.77 bits per heavy atom. The van der Waals surface area contributed by atoms with Crippen LogP contribution in [0.2, 0.25) is 0 Å². The molecule has 8 nitrogen and oxygen atoms in total. The average molecular weight is 389 g/mol. The summed E-state index contributed by atoms with van der Waals surface area (Å²) in [6.45, 7) is 0. The number of carbonyl (C=O) groups is 1. The van der Waals surface area contributed by atoms with Gasteiger partial charge in [-0.25, -0.2) is 23.4 Å². The molecule has 26 heavy (non-hydrogen) atoms. The van der Waals surface area contributed by atoms with Crippen LogP contribution >= 0.6 is 11.3 Å². The van der Waals surface area contributed by atoms with Gasteiger partial charge in [-0.05, 0) is 30.3 Å². The van der Waals surface area contributed by atoms with Crippen molar-refractivity contribution in [3.05, 3.63) is 53.8 Å². The molecule has 0 aliphatic rings. The van der Waals surface area contributed by atoms with Gasteiger partial charge < -0.3 is 5.32 Å². The molecule has 0 spiro atoms. The molecule has 0 aliphatic carbocycles. The summed E-state index contributed by atoms with van der Waals surface area (Å²) in [6, 6.07) is 8.11. The van der Waals surface area contributed by atoms with E-state index in [2.05, 4.69) is 25.0 Å². The fourth-order valence-electron chi connectivity index (χ4n) is 2.11. The maximum atomic E-state index is 12.2. The molecule has 2 heterocycles. The number of thiazole rings is 1. The van der Waals surface area contributed by atoms with Crippen molar-refractivity contribution < 1.29 is 13.2 Å². The Morgan fingerprint density at radius 3 is 2.42 bits per heavy atom. The molecule has 0 saturated carbocycles. The average Bonchev–Trinajstić information content (AvgIpc) is 3.04. The van der Waals surface area contributed by atoms with Gasteiger partial charge in [0, 0.05) is 29.1 Å². The molecule has 0 radical (unpaired) electrons. The standard InChI is InChI=1S/C16H15N5O3S2/c1-26(23,24)21-12-5-3-11(4-6-12)19-14(22)9-13-10-25-16(20-13)15-17-7-2-8-18-15/h2-8,10,21H,9H2,1H3,(H,19,22). The zero-order chi connectivity index (χ0) is 18.6. The first-order valence-electron chi connectivity index (χ1n) is 7.48. The lowest BCUT2D eigenvalue weighted by atomic mass is 10.2. The molecule has 0 atom stereocenters. The van der Waals surface area contributed by atoms with Crippen LogP contribution in [-0.4, -0.2) is 35.5 Å². The number of nitrogens with zero attached hydrogens (tertiary/aromatic N) is 3. The molecule has 1 amide bonds. The van der Waals surface area contributed by atoms with Crippen LogP contribution in [0.5, 0.6) is 0 Å². The van der Waals surface area contributed by atoms with Crippen LogP contribution in [0.25, 0.3) is 10.8 Å². The second kappa shape index (κ2) is 7.58. The summed E-state index contributed by atoms with van der Waals surface area (Å²) in [5.74, 6) is 0.303. The van der Waals surface area contributed by atoms with E-state index < -0.39 is 10.0 Å². The zero-order valence-electron chi connectivity index (χ0n) is 13.7. The molecular weight excluding hydrogens is 374 g/mol. The second-order valence-electron chi connectivity index (χ2n) is 5.39. The van der Waals surface area contributed by atoms with E-state index >= 15 is 0 Å². The Labute approximate surface area is 154 Å². The van der Waals surface area contributed by atoms with Crippen LogP contribution in [0.15, 0.2) is 48.1 Å². The molecule has 10 heteroatoms. The Hall–Kier alpha value is -2.85. The molecule has 0 bridgehead atoms. The monoisotopic (exact) mass is 389 g/mol. The zero-order valence-corrected chi connectivity index (χ0v) is 15.3. The van der Waals surface area contributed by atoms with Crippen molar-refractivity contribution in [3.8, 4) is 10.8 Å². The second-order valence-corrected chi connectivity index (χ2v) is 8.00. The van der Waals surface area contributed by atoms with Gasteiger partial charge in [0.15, 0.2) is 10.8 Å². The fraction of sp³-hybridized carbons (Fsp3) is 0.125. The third-order valence-electron chi connectivity index (χ3n) is 3.12. The van der Waals surface area contributed by atoms with E-state index in [9.17, 15) is 13.2 Å². The maximum absolute atomic E-state index is 12.2. The van der Waals surface area contributed by atoms with Crippen LogP contribution in [0.1, 0.15) is 5.69 Å². The Kier molecular flexibility index (Phi) is 5.24. The van der Waals surface area contributed by atoms with Crippen molar-refractivity contribution in [2.24, 2.45) is 0 Å². The predicted molar refractivity (Wildman–Crippen MR) is 100 cm³/mol. The number of hydrogen-bond donors (Lipinski definition) is 2. The van der Waals surface area contributed by atoms with Gasteiger partial charge in [-0.1, -0.05) is 0 Å². The topological polar surface area (TPSA) is 114 Å². The van der Waals surface area contributed by atoms with Gasteiger partial charge in [0.25, 0.3) is 0 Å². The highest BCUT2D eigenvalue weighted by atomic mass is 32.2. The molecule has 134 valence electrons. The summed E-state index contributed by atoms with van der Waals surface area (Å²) >= 11 is 1.38. The first-order chi connectivity index (χ1) is 12.4. The number of anilines is 2. The predicted octanol–water partition coefficient (Wildman–Crippen LogP) is 2.15. The van der Waals surface area contributed by atoms with Crippen molar-refractivity contribution in [1.29, 1.82) is 0 Å². The van der Waals surface area contributed by atoms with Gasteiger partial charge in [-0.2, -0.15) is 0 Å². The summed E-state index contributed by atoms with van der Waals surface area (Å²) in [7, 11) is -3.33. The Balaban J connectivity index is 1.60. The van der Waals surface area contributed by atoms with Crippen LogP contribution in [0, 0.1) is 0 Å². The number of benzene rings is 1. The molecule has 3 aromatic rings. The number of amides is 1. The van der Waals surface area contributed by atoms with E-state index in [-0.39, 0.29) is 12.3 Å². The van der Waals surface area contributed by atoms with Crippen molar-refractivity contribution in [3.63, 3.8) is 0 Å². The van der Waals surface area contributed by atoms with Crippen molar-refractivity contribution >= 4 is 38.6 Å².